The number of anilines is 1. The summed E-state index contributed by atoms with van der Waals surface area (Å²) in [5, 5.41) is 0. The smallest absolute Gasteiger partial charge is 0.257 e. The van der Waals surface area contributed by atoms with E-state index in [-0.39, 0.29) is 18.2 Å². The first-order chi connectivity index (χ1) is 15.4. The van der Waals surface area contributed by atoms with Gasteiger partial charge in [-0.15, -0.1) is 6.42 Å². The Balaban J connectivity index is 1.33. The molecule has 0 saturated carbocycles. The number of methoxy groups -OCH3 is 1. The minimum atomic E-state index is -0.936. The van der Waals surface area contributed by atoms with E-state index in [2.05, 4.69) is 15.9 Å². The first-order valence-corrected chi connectivity index (χ1v) is 10.5. The van der Waals surface area contributed by atoms with Crippen molar-refractivity contribution in [3.63, 3.8) is 0 Å². The number of carbonyl (C=O) groups excluding carboxylic acids is 1. The summed E-state index contributed by atoms with van der Waals surface area (Å²) >= 11 is 0. The predicted octanol–water partition coefficient (Wildman–Crippen LogP) is 2.80. The minimum absolute atomic E-state index is 0.115. The van der Waals surface area contributed by atoms with Crippen LogP contribution in [0.15, 0.2) is 24.4 Å². The van der Waals surface area contributed by atoms with Crippen molar-refractivity contribution in [2.24, 2.45) is 0 Å². The molecule has 2 atom stereocenters. The Morgan fingerprint density at radius 2 is 1.94 bits per heavy atom. The Bertz CT molecular complexity index is 1090. The third-order valence-electron chi connectivity index (χ3n) is 6.53. The lowest BCUT2D eigenvalue weighted by Crippen LogP contribution is -2.50. The number of nitrogens with zero attached hydrogens (tertiary/aromatic N) is 4. The van der Waals surface area contributed by atoms with Crippen molar-refractivity contribution >= 4 is 11.9 Å². The molecule has 7 nitrogen and oxygen atoms in total. The fourth-order valence-corrected chi connectivity index (χ4v) is 4.97. The molecule has 1 aromatic heterocycles. The van der Waals surface area contributed by atoms with Gasteiger partial charge in [0.15, 0.2) is 5.60 Å². The third kappa shape index (κ3) is 3.26. The highest BCUT2D eigenvalue weighted by Gasteiger charge is 2.58. The topological polar surface area (TPSA) is 67.8 Å². The van der Waals surface area contributed by atoms with E-state index >= 15 is 0 Å². The number of terminal acetylenes is 1. The quantitative estimate of drug-likeness (QED) is 0.684. The highest BCUT2D eigenvalue weighted by Crippen LogP contribution is 2.48. The van der Waals surface area contributed by atoms with Gasteiger partial charge in [0.1, 0.15) is 23.4 Å². The number of halogens is 2. The number of piperidine rings is 1. The minimum Gasteiger partial charge on any atom is -0.480 e. The number of ether oxygens (including phenoxy) is 2. The van der Waals surface area contributed by atoms with Gasteiger partial charge in [0, 0.05) is 32.0 Å². The number of carbonyl (C=O) groups is 1. The maximum Gasteiger partial charge on any atom is 0.257 e. The number of rotatable bonds is 3. The number of hydrogen-bond donors (Lipinski definition) is 0. The Morgan fingerprint density at radius 1 is 1.22 bits per heavy atom. The molecule has 0 aliphatic carbocycles. The number of hydrogen-bond acceptors (Lipinski definition) is 6. The van der Waals surface area contributed by atoms with Gasteiger partial charge in [-0.2, -0.15) is 4.98 Å². The average molecular weight is 440 g/mol. The molecule has 0 radical (unpaired) electrons. The SMILES string of the molecule is C#Cc1cnc(N2CCC3(CC2)O[C@@H]2CC[C@@H](c4cc(F)cc(F)c4)N2C3=O)nc1OC. The Labute approximate surface area is 184 Å². The molecule has 0 unspecified atom stereocenters. The molecular formula is C23H22F2N4O3. The summed E-state index contributed by atoms with van der Waals surface area (Å²) in [6, 6.07) is 3.03. The molecule has 1 amide bonds. The molecule has 1 aromatic carbocycles. The zero-order valence-corrected chi connectivity index (χ0v) is 17.6. The molecule has 32 heavy (non-hydrogen) atoms. The lowest BCUT2D eigenvalue weighted by Gasteiger charge is -2.37. The van der Waals surface area contributed by atoms with Gasteiger partial charge in [0.2, 0.25) is 11.8 Å². The maximum absolute atomic E-state index is 13.8. The van der Waals surface area contributed by atoms with Crippen LogP contribution >= 0.6 is 0 Å². The van der Waals surface area contributed by atoms with Crippen LogP contribution in [0.3, 0.4) is 0 Å². The van der Waals surface area contributed by atoms with Crippen molar-refractivity contribution < 1.29 is 23.0 Å². The molecule has 166 valence electrons. The van der Waals surface area contributed by atoms with Gasteiger partial charge in [-0.3, -0.25) is 4.79 Å². The van der Waals surface area contributed by atoms with Gasteiger partial charge in [0.25, 0.3) is 5.91 Å². The first kappa shape index (κ1) is 20.6. The van der Waals surface area contributed by atoms with E-state index in [9.17, 15) is 13.6 Å². The van der Waals surface area contributed by atoms with Crippen LogP contribution < -0.4 is 9.64 Å². The van der Waals surface area contributed by atoms with Crippen LogP contribution in [0.4, 0.5) is 14.7 Å². The Morgan fingerprint density at radius 3 is 2.59 bits per heavy atom. The van der Waals surface area contributed by atoms with Crippen molar-refractivity contribution in [2.75, 3.05) is 25.1 Å². The Kier molecular flexibility index (Phi) is 4.97. The summed E-state index contributed by atoms with van der Waals surface area (Å²) in [6.45, 7) is 1.04. The molecule has 3 fully saturated rings. The standard InChI is InChI=1S/C23H22F2N4O3/c1-3-14-13-26-22(27-20(14)31-2)28-8-6-23(7-9-28)21(30)29-18(4-5-19(29)32-23)15-10-16(24)12-17(25)11-15/h1,10-13,18-19H,4-9H2,2H3/t18-,19+/m0/s1. The van der Waals surface area contributed by atoms with E-state index in [4.69, 9.17) is 15.9 Å². The molecule has 4 heterocycles. The number of benzene rings is 1. The van der Waals surface area contributed by atoms with Crippen molar-refractivity contribution in [2.45, 2.75) is 43.6 Å². The summed E-state index contributed by atoms with van der Waals surface area (Å²) in [5.41, 5.74) is -0.000761. The lowest BCUT2D eigenvalue weighted by atomic mass is 9.89. The highest BCUT2D eigenvalue weighted by atomic mass is 19.1. The summed E-state index contributed by atoms with van der Waals surface area (Å²) < 4.78 is 39.0. The average Bonchev–Trinajstić information content (AvgIpc) is 3.31. The van der Waals surface area contributed by atoms with Gasteiger partial charge in [-0.05, 0) is 30.5 Å². The second-order valence-corrected chi connectivity index (χ2v) is 8.30. The summed E-state index contributed by atoms with van der Waals surface area (Å²) in [6.07, 6.45) is 8.77. The van der Waals surface area contributed by atoms with Crippen LogP contribution in [0.25, 0.3) is 0 Å². The van der Waals surface area contributed by atoms with Crippen LogP contribution in [-0.2, 0) is 9.53 Å². The van der Waals surface area contributed by atoms with E-state index < -0.39 is 17.2 Å². The molecule has 3 aliphatic heterocycles. The van der Waals surface area contributed by atoms with E-state index in [0.29, 0.717) is 61.7 Å². The molecule has 3 aliphatic rings. The number of amides is 1. The van der Waals surface area contributed by atoms with E-state index in [1.165, 1.54) is 19.2 Å². The number of fused-ring (bicyclic) bond motifs is 1. The van der Waals surface area contributed by atoms with Crippen molar-refractivity contribution in [1.82, 2.24) is 14.9 Å². The third-order valence-corrected chi connectivity index (χ3v) is 6.53. The molecule has 1 spiro atoms. The van der Waals surface area contributed by atoms with Crippen LogP contribution in [-0.4, -0.2) is 52.8 Å². The molecule has 3 saturated heterocycles. The van der Waals surface area contributed by atoms with Gasteiger partial charge in [0.05, 0.1) is 19.3 Å². The van der Waals surface area contributed by atoms with Gasteiger partial charge < -0.3 is 19.3 Å². The first-order valence-electron chi connectivity index (χ1n) is 10.5. The van der Waals surface area contributed by atoms with Gasteiger partial charge in [-0.1, -0.05) is 5.92 Å². The van der Waals surface area contributed by atoms with Gasteiger partial charge in [-0.25, -0.2) is 13.8 Å². The van der Waals surface area contributed by atoms with E-state index in [0.717, 1.165) is 6.07 Å². The van der Waals surface area contributed by atoms with Crippen LogP contribution in [0.2, 0.25) is 0 Å². The molecule has 9 heteroatoms. The number of aromatic nitrogens is 2. The largest absolute Gasteiger partial charge is 0.480 e. The molecule has 0 bridgehead atoms. The fraction of sp³-hybridized carbons (Fsp3) is 0.435. The predicted molar refractivity (Wildman–Crippen MR) is 111 cm³/mol. The second kappa shape index (κ2) is 7.71. The van der Waals surface area contributed by atoms with Crippen molar-refractivity contribution in [3.8, 4) is 18.2 Å². The molecular weight excluding hydrogens is 418 g/mol. The zero-order valence-electron chi connectivity index (χ0n) is 17.6. The monoisotopic (exact) mass is 440 g/mol. The van der Waals surface area contributed by atoms with Crippen LogP contribution in [0.5, 0.6) is 5.88 Å². The zero-order chi connectivity index (χ0) is 22.5. The normalized spacial score (nSPS) is 24.0. The summed E-state index contributed by atoms with van der Waals surface area (Å²) in [7, 11) is 1.50. The van der Waals surface area contributed by atoms with Crippen LogP contribution in [0, 0.1) is 24.0 Å². The van der Waals surface area contributed by atoms with Gasteiger partial charge >= 0.3 is 0 Å². The lowest BCUT2D eigenvalue weighted by molar-refractivity contribution is -0.140. The van der Waals surface area contributed by atoms with E-state index in [1.807, 2.05) is 4.90 Å². The second-order valence-electron chi connectivity index (χ2n) is 8.30. The van der Waals surface area contributed by atoms with E-state index in [1.54, 1.807) is 11.1 Å². The summed E-state index contributed by atoms with van der Waals surface area (Å²) in [4.78, 5) is 25.8. The molecule has 2 aromatic rings. The molecule has 5 rings (SSSR count). The Hall–Kier alpha value is -3.25. The fourth-order valence-electron chi connectivity index (χ4n) is 4.97. The van der Waals surface area contributed by atoms with Crippen LogP contribution in [0.1, 0.15) is 42.9 Å². The maximum atomic E-state index is 13.8. The molecule has 0 N–H and O–H groups in total. The van der Waals surface area contributed by atoms with Crippen molar-refractivity contribution in [1.29, 1.82) is 0 Å². The summed E-state index contributed by atoms with van der Waals surface area (Å²) in [5.74, 6) is 1.88. The van der Waals surface area contributed by atoms with Crippen molar-refractivity contribution in [3.05, 3.63) is 47.2 Å². The highest BCUT2D eigenvalue weighted by molar-refractivity contribution is 5.88.